The van der Waals surface area contributed by atoms with Crippen LogP contribution in [0.1, 0.15) is 19.3 Å². The molecule has 0 saturated carbocycles. The average Bonchev–Trinajstić information content (AvgIpc) is 2.65. The third-order valence-corrected chi connectivity index (χ3v) is 5.00. The van der Waals surface area contributed by atoms with Crippen molar-refractivity contribution in [1.29, 1.82) is 5.26 Å². The number of nitrogens with zero attached hydrogens (tertiary/aromatic N) is 1. The fraction of sp³-hybridized carbons (Fsp3) is 0.444. The van der Waals surface area contributed by atoms with Crippen molar-refractivity contribution in [3.63, 3.8) is 0 Å². The standard InChI is InChI=1S/C9H11ClN2O2S2/c10-8-4-5-9(15-8)16(13,14)12-7-3-1-2-6-11/h4-5,12H,1-3,7H2. The molecule has 0 saturated heterocycles. The smallest absolute Gasteiger partial charge is 0.210 e. The van der Waals surface area contributed by atoms with Gasteiger partial charge in [0, 0.05) is 13.0 Å². The van der Waals surface area contributed by atoms with Gasteiger partial charge in [-0.3, -0.25) is 0 Å². The fourth-order valence-electron chi connectivity index (χ4n) is 1.05. The maximum Gasteiger partial charge on any atom is 0.250 e. The van der Waals surface area contributed by atoms with Crippen molar-refractivity contribution in [2.24, 2.45) is 0 Å². The first kappa shape index (κ1) is 13.5. The number of halogens is 1. The highest BCUT2D eigenvalue weighted by Gasteiger charge is 2.15. The van der Waals surface area contributed by atoms with Crippen molar-refractivity contribution >= 4 is 33.0 Å². The van der Waals surface area contributed by atoms with Gasteiger partial charge in [-0.2, -0.15) is 5.26 Å². The number of nitriles is 1. The Morgan fingerprint density at radius 1 is 1.44 bits per heavy atom. The van der Waals surface area contributed by atoms with Gasteiger partial charge in [0.25, 0.3) is 0 Å². The van der Waals surface area contributed by atoms with E-state index in [1.54, 1.807) is 6.07 Å². The molecule has 0 aliphatic heterocycles. The number of thiophene rings is 1. The van der Waals surface area contributed by atoms with Crippen LogP contribution in [-0.2, 0) is 10.0 Å². The first-order valence-corrected chi connectivity index (χ1v) is 7.36. The van der Waals surface area contributed by atoms with Crippen LogP contribution in [0.3, 0.4) is 0 Å². The molecule has 1 aromatic heterocycles. The summed E-state index contributed by atoms with van der Waals surface area (Å²) in [7, 11) is -3.43. The lowest BCUT2D eigenvalue weighted by molar-refractivity contribution is 0.579. The predicted octanol–water partition coefficient (Wildman–Crippen LogP) is 2.37. The summed E-state index contributed by atoms with van der Waals surface area (Å²) in [5.74, 6) is 0. The molecule has 16 heavy (non-hydrogen) atoms. The highest BCUT2D eigenvalue weighted by atomic mass is 35.5. The SMILES string of the molecule is N#CCCCCNS(=O)(=O)c1ccc(Cl)s1. The lowest BCUT2D eigenvalue weighted by Crippen LogP contribution is -2.23. The molecular formula is C9H11ClN2O2S2. The highest BCUT2D eigenvalue weighted by Crippen LogP contribution is 2.25. The Morgan fingerprint density at radius 3 is 2.75 bits per heavy atom. The second kappa shape index (κ2) is 6.21. The van der Waals surface area contributed by atoms with E-state index in [-0.39, 0.29) is 4.21 Å². The Labute approximate surface area is 104 Å². The van der Waals surface area contributed by atoms with Gasteiger partial charge in [-0.25, -0.2) is 13.1 Å². The van der Waals surface area contributed by atoms with E-state index in [1.165, 1.54) is 6.07 Å². The van der Waals surface area contributed by atoms with E-state index in [1.807, 2.05) is 6.07 Å². The lowest BCUT2D eigenvalue weighted by Gasteiger charge is -2.02. The van der Waals surface area contributed by atoms with Crippen LogP contribution in [-0.4, -0.2) is 15.0 Å². The maximum absolute atomic E-state index is 11.7. The minimum atomic E-state index is -3.43. The number of rotatable bonds is 6. The Bertz CT molecular complexity index is 476. The summed E-state index contributed by atoms with van der Waals surface area (Å²) in [5.41, 5.74) is 0. The summed E-state index contributed by atoms with van der Waals surface area (Å²) in [5, 5.41) is 8.30. The van der Waals surface area contributed by atoms with Crippen molar-refractivity contribution < 1.29 is 8.42 Å². The summed E-state index contributed by atoms with van der Waals surface area (Å²) in [4.78, 5) is 0. The number of nitrogens with one attached hydrogen (secondary N) is 1. The number of sulfonamides is 1. The van der Waals surface area contributed by atoms with Crippen molar-refractivity contribution in [2.45, 2.75) is 23.5 Å². The van der Waals surface area contributed by atoms with Crippen LogP contribution in [0.2, 0.25) is 4.34 Å². The molecule has 0 aliphatic carbocycles. The zero-order valence-corrected chi connectivity index (χ0v) is 10.8. The van der Waals surface area contributed by atoms with Crippen molar-refractivity contribution in [3.05, 3.63) is 16.5 Å². The van der Waals surface area contributed by atoms with Crippen LogP contribution >= 0.6 is 22.9 Å². The van der Waals surface area contributed by atoms with E-state index in [9.17, 15) is 8.42 Å². The first-order valence-electron chi connectivity index (χ1n) is 4.68. The predicted molar refractivity (Wildman–Crippen MR) is 64.0 cm³/mol. The summed E-state index contributed by atoms with van der Waals surface area (Å²) in [6.45, 7) is 0.347. The molecule has 0 unspecified atom stereocenters. The van der Waals surface area contributed by atoms with Gasteiger partial charge in [-0.1, -0.05) is 11.6 Å². The molecule has 0 spiro atoms. The Hall–Kier alpha value is -0.610. The maximum atomic E-state index is 11.7. The molecular weight excluding hydrogens is 268 g/mol. The zero-order chi connectivity index (χ0) is 12.0. The molecule has 0 aromatic carbocycles. The minimum absolute atomic E-state index is 0.220. The Kier molecular flexibility index (Phi) is 5.22. The van der Waals surface area contributed by atoms with E-state index >= 15 is 0 Å². The summed E-state index contributed by atoms with van der Waals surface area (Å²) < 4.78 is 26.4. The van der Waals surface area contributed by atoms with Crippen LogP contribution in [0.15, 0.2) is 16.3 Å². The van der Waals surface area contributed by atoms with Crippen LogP contribution < -0.4 is 4.72 Å². The number of hydrogen-bond acceptors (Lipinski definition) is 4. The molecule has 7 heteroatoms. The molecule has 1 heterocycles. The van der Waals surface area contributed by atoms with Gasteiger partial charge in [0.1, 0.15) is 4.21 Å². The topological polar surface area (TPSA) is 70.0 Å². The number of unbranched alkanes of at least 4 members (excludes halogenated alkanes) is 2. The summed E-state index contributed by atoms with van der Waals surface area (Å²) in [6.07, 6.45) is 1.81. The van der Waals surface area contributed by atoms with Gasteiger partial charge in [0.15, 0.2) is 0 Å². The zero-order valence-electron chi connectivity index (χ0n) is 8.44. The molecule has 4 nitrogen and oxygen atoms in total. The van der Waals surface area contributed by atoms with Gasteiger partial charge in [-0.15, -0.1) is 11.3 Å². The largest absolute Gasteiger partial charge is 0.250 e. The average molecular weight is 279 g/mol. The van der Waals surface area contributed by atoms with Gasteiger partial charge < -0.3 is 0 Å². The minimum Gasteiger partial charge on any atom is -0.210 e. The normalized spacial score (nSPS) is 11.2. The molecule has 0 aliphatic rings. The van der Waals surface area contributed by atoms with Gasteiger partial charge in [0.2, 0.25) is 10.0 Å². The van der Waals surface area contributed by atoms with Gasteiger partial charge in [-0.05, 0) is 25.0 Å². The lowest BCUT2D eigenvalue weighted by atomic mass is 10.2. The third-order valence-electron chi connectivity index (χ3n) is 1.82. The quantitative estimate of drug-likeness (QED) is 0.812. The van der Waals surface area contributed by atoms with Crippen LogP contribution in [0.5, 0.6) is 0 Å². The first-order chi connectivity index (χ1) is 7.56. The van der Waals surface area contributed by atoms with E-state index in [0.717, 1.165) is 11.3 Å². The fourth-order valence-corrected chi connectivity index (χ4v) is 3.65. The van der Waals surface area contributed by atoms with Crippen molar-refractivity contribution in [2.75, 3.05) is 6.54 Å². The molecule has 0 atom stereocenters. The van der Waals surface area contributed by atoms with E-state index in [0.29, 0.717) is 30.1 Å². The van der Waals surface area contributed by atoms with Gasteiger partial charge in [0.05, 0.1) is 10.4 Å². The molecule has 0 amide bonds. The van der Waals surface area contributed by atoms with E-state index in [4.69, 9.17) is 16.9 Å². The van der Waals surface area contributed by atoms with Crippen LogP contribution in [0, 0.1) is 11.3 Å². The Morgan fingerprint density at radius 2 is 2.19 bits per heavy atom. The summed E-state index contributed by atoms with van der Waals surface area (Å²) in [6, 6.07) is 5.04. The second-order valence-electron chi connectivity index (χ2n) is 3.07. The van der Waals surface area contributed by atoms with Crippen LogP contribution in [0.25, 0.3) is 0 Å². The third kappa shape index (κ3) is 4.10. The molecule has 88 valence electrons. The van der Waals surface area contributed by atoms with E-state index in [2.05, 4.69) is 4.72 Å². The van der Waals surface area contributed by atoms with E-state index < -0.39 is 10.0 Å². The summed E-state index contributed by atoms with van der Waals surface area (Å²) >= 11 is 6.68. The second-order valence-corrected chi connectivity index (χ2v) is 6.78. The monoisotopic (exact) mass is 278 g/mol. The van der Waals surface area contributed by atoms with Gasteiger partial charge >= 0.3 is 0 Å². The number of hydrogen-bond donors (Lipinski definition) is 1. The molecule has 1 aromatic rings. The Balaban J connectivity index is 2.45. The van der Waals surface area contributed by atoms with Crippen LogP contribution in [0.4, 0.5) is 0 Å². The van der Waals surface area contributed by atoms with Crippen molar-refractivity contribution in [1.82, 2.24) is 4.72 Å². The molecule has 1 rings (SSSR count). The molecule has 0 fully saturated rings. The molecule has 0 radical (unpaired) electrons. The van der Waals surface area contributed by atoms with Crippen molar-refractivity contribution in [3.8, 4) is 6.07 Å². The molecule has 1 N–H and O–H groups in total. The highest BCUT2D eigenvalue weighted by molar-refractivity contribution is 7.91. The molecule has 0 bridgehead atoms.